The number of aliphatic hydroxyl groups is 1. The zero-order chi connectivity index (χ0) is 18.1. The average Bonchev–Trinajstić information content (AvgIpc) is 3.21. The highest BCUT2D eigenvalue weighted by Gasteiger charge is 2.33. The molecule has 0 saturated carbocycles. The number of nitrogens with one attached hydrogen (secondary N) is 1. The lowest BCUT2D eigenvalue weighted by molar-refractivity contribution is 0.122. The number of aryl methyl sites for hydroxylation is 1. The third kappa shape index (κ3) is 3.58. The van der Waals surface area contributed by atoms with Gasteiger partial charge >= 0.3 is 0 Å². The van der Waals surface area contributed by atoms with E-state index in [0.29, 0.717) is 26.3 Å². The van der Waals surface area contributed by atoms with Gasteiger partial charge < -0.3 is 25.4 Å². The summed E-state index contributed by atoms with van der Waals surface area (Å²) in [5.41, 5.74) is 7.95. The van der Waals surface area contributed by atoms with Crippen LogP contribution in [-0.2, 0) is 11.2 Å². The van der Waals surface area contributed by atoms with Gasteiger partial charge in [-0.1, -0.05) is 0 Å². The van der Waals surface area contributed by atoms with Crippen LogP contribution in [0.3, 0.4) is 0 Å². The number of rotatable bonds is 4. The van der Waals surface area contributed by atoms with E-state index >= 15 is 0 Å². The fourth-order valence-electron chi connectivity index (χ4n) is 3.65. The van der Waals surface area contributed by atoms with Gasteiger partial charge in [0.05, 0.1) is 25.0 Å². The van der Waals surface area contributed by atoms with Gasteiger partial charge in [-0.3, -0.25) is 5.10 Å². The monoisotopic (exact) mass is 359 g/mol. The first-order valence-electron chi connectivity index (χ1n) is 8.99. The average molecular weight is 359 g/mol. The maximum absolute atomic E-state index is 10.5. The van der Waals surface area contributed by atoms with Crippen molar-refractivity contribution >= 4 is 17.6 Å². The fraction of sp³-hybridized carbons (Fsp3) is 0.588. The smallest absolute Gasteiger partial charge is 0.223 e. The molecule has 2 atom stereocenters. The number of anilines is 3. The maximum atomic E-state index is 10.5. The van der Waals surface area contributed by atoms with E-state index in [0.717, 1.165) is 42.5 Å². The second kappa shape index (κ2) is 7.08. The number of hydrogen-bond donors (Lipinski definition) is 3. The molecule has 2 aromatic heterocycles. The van der Waals surface area contributed by atoms with Crippen LogP contribution in [0.2, 0.25) is 0 Å². The Hall–Kier alpha value is -2.39. The fourth-order valence-corrected chi connectivity index (χ4v) is 3.65. The topological polar surface area (TPSA) is 116 Å². The molecule has 9 heteroatoms. The number of nitrogens with zero attached hydrogens (tertiary/aromatic N) is 5. The molecule has 2 aliphatic rings. The van der Waals surface area contributed by atoms with Crippen LogP contribution in [0, 0.1) is 12.8 Å². The highest BCUT2D eigenvalue weighted by atomic mass is 16.5. The molecule has 0 bridgehead atoms. The Morgan fingerprint density at radius 1 is 1.19 bits per heavy atom. The van der Waals surface area contributed by atoms with Crippen molar-refractivity contribution in [3.05, 3.63) is 23.5 Å². The van der Waals surface area contributed by atoms with Gasteiger partial charge in [0.15, 0.2) is 0 Å². The summed E-state index contributed by atoms with van der Waals surface area (Å²) < 4.78 is 5.40. The lowest BCUT2D eigenvalue weighted by atomic mass is 10.0. The van der Waals surface area contributed by atoms with Crippen LogP contribution in [0.5, 0.6) is 0 Å². The van der Waals surface area contributed by atoms with Crippen LogP contribution in [0.25, 0.3) is 0 Å². The van der Waals surface area contributed by atoms with Crippen molar-refractivity contribution < 1.29 is 9.84 Å². The molecule has 4 N–H and O–H groups in total. The molecule has 2 aromatic rings. The molecule has 140 valence electrons. The van der Waals surface area contributed by atoms with Crippen molar-refractivity contribution in [2.24, 2.45) is 5.92 Å². The standard InChI is InChI=1S/C17H25N7O2/c1-11-6-13(22-21-11)7-12-9-24(10-14(12)25)16-8-15(19-17(18)20-16)23-2-4-26-5-3-23/h6,8,12,14,25H,2-5,7,9-10H2,1H3,(H,21,22)(H2,18,19,20)/t12-,14+/m1/s1. The molecule has 9 nitrogen and oxygen atoms in total. The molecule has 26 heavy (non-hydrogen) atoms. The van der Waals surface area contributed by atoms with E-state index < -0.39 is 6.10 Å². The van der Waals surface area contributed by atoms with Crippen LogP contribution < -0.4 is 15.5 Å². The Kier molecular flexibility index (Phi) is 4.64. The van der Waals surface area contributed by atoms with Gasteiger partial charge in [0, 0.05) is 43.9 Å². The molecule has 0 spiro atoms. The SMILES string of the molecule is Cc1cc(C[C@@H]2CN(c3cc(N4CCOCC4)nc(N)n3)C[C@@H]2O)n[nH]1. The third-order valence-corrected chi connectivity index (χ3v) is 5.01. The van der Waals surface area contributed by atoms with Gasteiger partial charge in [-0.15, -0.1) is 0 Å². The van der Waals surface area contributed by atoms with E-state index in [4.69, 9.17) is 10.5 Å². The molecular weight excluding hydrogens is 334 g/mol. The Labute approximate surface area is 152 Å². The zero-order valence-corrected chi connectivity index (χ0v) is 14.9. The highest BCUT2D eigenvalue weighted by molar-refractivity contribution is 5.55. The number of aromatic amines is 1. The molecule has 0 amide bonds. The number of aliphatic hydroxyl groups excluding tert-OH is 1. The molecule has 2 aliphatic heterocycles. The van der Waals surface area contributed by atoms with E-state index in [1.54, 1.807) is 0 Å². The van der Waals surface area contributed by atoms with Crippen LogP contribution in [0.4, 0.5) is 17.6 Å². The van der Waals surface area contributed by atoms with E-state index in [1.807, 2.05) is 19.1 Å². The van der Waals surface area contributed by atoms with Gasteiger partial charge in [-0.05, 0) is 19.4 Å². The highest BCUT2D eigenvalue weighted by Crippen LogP contribution is 2.28. The molecule has 0 aliphatic carbocycles. The Balaban J connectivity index is 1.49. The van der Waals surface area contributed by atoms with Crippen LogP contribution in [0.15, 0.2) is 12.1 Å². The van der Waals surface area contributed by atoms with Crippen molar-refractivity contribution in [2.45, 2.75) is 19.4 Å². The lowest BCUT2D eigenvalue weighted by Crippen LogP contribution is -2.37. The number of morpholine rings is 1. The molecule has 4 rings (SSSR count). The third-order valence-electron chi connectivity index (χ3n) is 5.01. The summed E-state index contributed by atoms with van der Waals surface area (Å²) in [6.45, 7) is 6.18. The summed E-state index contributed by atoms with van der Waals surface area (Å²) in [6, 6.07) is 3.98. The van der Waals surface area contributed by atoms with Crippen molar-refractivity contribution in [3.63, 3.8) is 0 Å². The van der Waals surface area contributed by atoms with Crippen LogP contribution in [0.1, 0.15) is 11.4 Å². The number of H-pyrrole nitrogens is 1. The molecule has 0 aromatic carbocycles. The van der Waals surface area contributed by atoms with Crippen molar-refractivity contribution in [1.29, 1.82) is 0 Å². The molecule has 2 fully saturated rings. The molecule has 4 heterocycles. The molecule has 2 saturated heterocycles. The second-order valence-corrected chi connectivity index (χ2v) is 7.02. The first-order chi connectivity index (χ1) is 12.6. The lowest BCUT2D eigenvalue weighted by Gasteiger charge is -2.28. The summed E-state index contributed by atoms with van der Waals surface area (Å²) >= 11 is 0. The second-order valence-electron chi connectivity index (χ2n) is 7.02. The van der Waals surface area contributed by atoms with Crippen molar-refractivity contribution in [3.8, 4) is 0 Å². The van der Waals surface area contributed by atoms with E-state index in [2.05, 4.69) is 30.0 Å². The first kappa shape index (κ1) is 17.0. The Bertz CT molecular complexity index is 759. The number of nitrogens with two attached hydrogens (primary N) is 1. The largest absolute Gasteiger partial charge is 0.391 e. The summed E-state index contributed by atoms with van der Waals surface area (Å²) in [4.78, 5) is 13.0. The van der Waals surface area contributed by atoms with Crippen LogP contribution in [-0.4, -0.2) is 70.8 Å². The predicted octanol–water partition coefficient (Wildman–Crippen LogP) is -0.0333. The van der Waals surface area contributed by atoms with Gasteiger partial charge in [0.1, 0.15) is 11.6 Å². The first-order valence-corrected chi connectivity index (χ1v) is 8.99. The van der Waals surface area contributed by atoms with Crippen molar-refractivity contribution in [2.75, 3.05) is 54.9 Å². The van der Waals surface area contributed by atoms with Crippen LogP contribution >= 0.6 is 0 Å². The van der Waals surface area contributed by atoms with Gasteiger partial charge in [0.25, 0.3) is 0 Å². The summed E-state index contributed by atoms with van der Waals surface area (Å²) in [7, 11) is 0. The maximum Gasteiger partial charge on any atom is 0.223 e. The zero-order valence-electron chi connectivity index (χ0n) is 14.9. The predicted molar refractivity (Wildman–Crippen MR) is 98.2 cm³/mol. The van der Waals surface area contributed by atoms with E-state index in [1.165, 1.54) is 0 Å². The van der Waals surface area contributed by atoms with Gasteiger partial charge in [-0.2, -0.15) is 15.1 Å². The summed E-state index contributed by atoms with van der Waals surface area (Å²) in [5.74, 6) is 1.95. The van der Waals surface area contributed by atoms with Gasteiger partial charge in [-0.25, -0.2) is 0 Å². The molecule has 0 unspecified atom stereocenters. The Morgan fingerprint density at radius 2 is 1.92 bits per heavy atom. The number of aromatic nitrogens is 4. The quantitative estimate of drug-likeness (QED) is 0.697. The minimum Gasteiger partial charge on any atom is -0.391 e. The number of nitrogen functional groups attached to an aromatic ring is 1. The number of ether oxygens (including phenoxy) is 1. The minimum atomic E-state index is -0.421. The summed E-state index contributed by atoms with van der Waals surface area (Å²) in [5, 5.41) is 17.7. The molecule has 0 radical (unpaired) electrons. The number of hydrogen-bond acceptors (Lipinski definition) is 8. The minimum absolute atomic E-state index is 0.112. The number of β-amino-alcohol motifs (C(OH)–C–C–N with tert-alkyl or cyclic N) is 1. The van der Waals surface area contributed by atoms with E-state index in [9.17, 15) is 5.11 Å². The Morgan fingerprint density at radius 3 is 2.62 bits per heavy atom. The summed E-state index contributed by atoms with van der Waals surface area (Å²) in [6.07, 6.45) is 0.314. The normalized spacial score (nSPS) is 23.6. The van der Waals surface area contributed by atoms with Crippen molar-refractivity contribution in [1.82, 2.24) is 20.2 Å². The van der Waals surface area contributed by atoms with E-state index in [-0.39, 0.29) is 11.9 Å². The molecular formula is C17H25N7O2. The van der Waals surface area contributed by atoms with Gasteiger partial charge in [0.2, 0.25) is 5.95 Å².